The Balaban J connectivity index is 1.74. The quantitative estimate of drug-likeness (QED) is 0.552. The molecule has 0 radical (unpaired) electrons. The van der Waals surface area contributed by atoms with Crippen LogP contribution in [-0.4, -0.2) is 34.0 Å². The number of rotatable bonds is 2. The molecule has 2 saturated carbocycles. The Morgan fingerprint density at radius 2 is 1.71 bits per heavy atom. The van der Waals surface area contributed by atoms with Gasteiger partial charge in [0.05, 0.1) is 24.0 Å². The predicted octanol–water partition coefficient (Wildman–Crippen LogP) is 0.318. The van der Waals surface area contributed by atoms with E-state index in [-0.39, 0.29) is 42.1 Å². The largest absolute Gasteiger partial charge is 0.394 e. The molecule has 17 heavy (non-hydrogen) atoms. The molecule has 4 atom stereocenters. The van der Waals surface area contributed by atoms with Gasteiger partial charge in [-0.3, -0.25) is 14.5 Å². The summed E-state index contributed by atoms with van der Waals surface area (Å²) in [6.45, 7) is -0.0767. The second-order valence-corrected chi connectivity index (χ2v) is 5.89. The van der Waals surface area contributed by atoms with E-state index in [0.717, 1.165) is 19.3 Å². The van der Waals surface area contributed by atoms with Gasteiger partial charge in [-0.2, -0.15) is 0 Å². The smallest absolute Gasteiger partial charge is 0.234 e. The summed E-state index contributed by atoms with van der Waals surface area (Å²) in [7, 11) is 0. The van der Waals surface area contributed by atoms with Gasteiger partial charge in [-0.05, 0) is 31.1 Å². The van der Waals surface area contributed by atoms with Crippen molar-refractivity contribution in [3.63, 3.8) is 0 Å². The molecule has 0 aromatic rings. The number of likely N-dealkylation sites (tertiary alicyclic amines) is 1. The average molecular weight is 233 g/mol. The topological polar surface area (TPSA) is 57.6 Å². The fourth-order valence-electron chi connectivity index (χ4n) is 3.97. The van der Waals surface area contributed by atoms with Gasteiger partial charge in [0.25, 0.3) is 0 Å². The van der Waals surface area contributed by atoms with Crippen LogP contribution >= 0.6 is 0 Å². The minimum Gasteiger partial charge on any atom is -0.394 e. The van der Waals surface area contributed by atoms with E-state index in [0.29, 0.717) is 0 Å². The van der Waals surface area contributed by atoms with Crippen LogP contribution in [0.5, 0.6) is 0 Å². The molecule has 90 valence electrons. The molecular weight excluding hydrogens is 218 g/mol. The second kappa shape index (κ2) is 2.80. The lowest BCUT2D eigenvalue weighted by molar-refractivity contribution is -0.145. The first kappa shape index (κ1) is 9.83. The van der Waals surface area contributed by atoms with Crippen molar-refractivity contribution in [2.24, 2.45) is 23.7 Å². The van der Waals surface area contributed by atoms with Gasteiger partial charge in [0.1, 0.15) is 0 Å². The van der Waals surface area contributed by atoms with Crippen LogP contribution in [0, 0.1) is 23.7 Å². The third-order valence-corrected chi connectivity index (χ3v) is 5.07. The Morgan fingerprint density at radius 1 is 1.18 bits per heavy atom. The van der Waals surface area contributed by atoms with E-state index in [1.165, 1.54) is 4.90 Å². The summed E-state index contributed by atoms with van der Waals surface area (Å²) in [5.41, 5.74) is -0.530. The highest BCUT2D eigenvalue weighted by Gasteiger charge is 2.65. The average Bonchev–Trinajstić information content (AvgIpc) is 2.71. The highest BCUT2D eigenvalue weighted by atomic mass is 16.3. The lowest BCUT2D eigenvalue weighted by atomic mass is 9.85. The van der Waals surface area contributed by atoms with E-state index in [1.807, 2.05) is 0 Å². The molecule has 4 nitrogen and oxygen atoms in total. The number of aliphatic hydroxyl groups excluding tert-OH is 1. The molecule has 1 N–H and O–H groups in total. The van der Waals surface area contributed by atoms with Crippen LogP contribution in [0.15, 0.2) is 12.2 Å². The standard InChI is InChI=1S/C13H15NO3/c15-6-13(3-4-13)14-11(16)9-7-1-2-8(5-7)10(9)12(14)17/h1-2,7-10,15H,3-6H2. The molecule has 4 aliphatic rings. The summed E-state index contributed by atoms with van der Waals surface area (Å²) in [6.07, 6.45) is 6.69. The Morgan fingerprint density at radius 3 is 2.12 bits per heavy atom. The highest BCUT2D eigenvalue weighted by molar-refractivity contribution is 6.07. The molecule has 0 aromatic carbocycles. The summed E-state index contributed by atoms with van der Waals surface area (Å²) in [6, 6.07) is 0. The molecule has 3 aliphatic carbocycles. The Kier molecular flexibility index (Phi) is 1.62. The highest BCUT2D eigenvalue weighted by Crippen LogP contribution is 2.56. The first-order valence-electron chi connectivity index (χ1n) is 6.35. The van der Waals surface area contributed by atoms with Crippen molar-refractivity contribution in [2.45, 2.75) is 24.8 Å². The SMILES string of the molecule is O=C1C2C3C=CC(C3)C2C(=O)N1C1(CO)CC1. The number of hydrogen-bond acceptors (Lipinski definition) is 3. The molecule has 3 fully saturated rings. The molecule has 0 spiro atoms. The van der Waals surface area contributed by atoms with Gasteiger partial charge in [0.15, 0.2) is 0 Å². The van der Waals surface area contributed by atoms with Gasteiger partial charge in [-0.15, -0.1) is 0 Å². The summed E-state index contributed by atoms with van der Waals surface area (Å²) in [5, 5.41) is 9.40. The number of carbonyl (C=O) groups excluding carboxylic acids is 2. The van der Waals surface area contributed by atoms with Crippen LogP contribution in [0.4, 0.5) is 0 Å². The zero-order valence-corrected chi connectivity index (χ0v) is 9.50. The van der Waals surface area contributed by atoms with Gasteiger partial charge in [0.2, 0.25) is 11.8 Å². The molecule has 1 saturated heterocycles. The summed E-state index contributed by atoms with van der Waals surface area (Å²) in [5.74, 6) is 0.233. The molecular formula is C13H15NO3. The number of hydrogen-bond donors (Lipinski definition) is 1. The van der Waals surface area contributed by atoms with Crippen molar-refractivity contribution in [2.75, 3.05) is 6.61 Å². The predicted molar refractivity (Wildman–Crippen MR) is 58.6 cm³/mol. The number of nitrogens with zero attached hydrogens (tertiary/aromatic N) is 1. The second-order valence-electron chi connectivity index (χ2n) is 5.89. The van der Waals surface area contributed by atoms with Crippen LogP contribution in [0.1, 0.15) is 19.3 Å². The first-order chi connectivity index (χ1) is 8.18. The summed E-state index contributed by atoms with van der Waals surface area (Å²) < 4.78 is 0. The van der Waals surface area contributed by atoms with E-state index in [4.69, 9.17) is 0 Å². The van der Waals surface area contributed by atoms with Crippen molar-refractivity contribution >= 4 is 11.8 Å². The zero-order valence-electron chi connectivity index (χ0n) is 9.50. The van der Waals surface area contributed by atoms with Crippen LogP contribution in [-0.2, 0) is 9.59 Å². The van der Waals surface area contributed by atoms with Crippen LogP contribution in [0.25, 0.3) is 0 Å². The zero-order chi connectivity index (χ0) is 11.8. The Labute approximate surface area is 99.3 Å². The maximum Gasteiger partial charge on any atom is 0.234 e. The van der Waals surface area contributed by atoms with Crippen molar-refractivity contribution in [1.82, 2.24) is 4.90 Å². The van der Waals surface area contributed by atoms with Crippen LogP contribution in [0.3, 0.4) is 0 Å². The van der Waals surface area contributed by atoms with E-state index < -0.39 is 5.54 Å². The molecule has 2 amide bonds. The van der Waals surface area contributed by atoms with Gasteiger partial charge in [0, 0.05) is 0 Å². The number of carbonyl (C=O) groups is 2. The lowest BCUT2D eigenvalue weighted by Crippen LogP contribution is -2.45. The first-order valence-corrected chi connectivity index (χ1v) is 6.35. The van der Waals surface area contributed by atoms with Crippen molar-refractivity contribution in [1.29, 1.82) is 0 Å². The van der Waals surface area contributed by atoms with Gasteiger partial charge in [-0.25, -0.2) is 0 Å². The minimum atomic E-state index is -0.530. The maximum absolute atomic E-state index is 12.4. The van der Waals surface area contributed by atoms with Crippen LogP contribution < -0.4 is 0 Å². The summed E-state index contributed by atoms with van der Waals surface area (Å²) in [4.78, 5) is 26.2. The molecule has 1 aliphatic heterocycles. The third kappa shape index (κ3) is 0.985. The Hall–Kier alpha value is -1.16. The van der Waals surface area contributed by atoms with Crippen molar-refractivity contribution in [3.05, 3.63) is 12.2 Å². The normalized spacial score (nSPS) is 44.6. The molecule has 2 bridgehead atoms. The maximum atomic E-state index is 12.4. The van der Waals surface area contributed by atoms with Crippen molar-refractivity contribution in [3.8, 4) is 0 Å². The number of amides is 2. The van der Waals surface area contributed by atoms with E-state index in [9.17, 15) is 14.7 Å². The fourth-order valence-corrected chi connectivity index (χ4v) is 3.97. The monoisotopic (exact) mass is 233 g/mol. The summed E-state index contributed by atoms with van der Waals surface area (Å²) >= 11 is 0. The third-order valence-electron chi connectivity index (χ3n) is 5.07. The van der Waals surface area contributed by atoms with Gasteiger partial charge < -0.3 is 5.11 Å². The lowest BCUT2D eigenvalue weighted by Gasteiger charge is -2.25. The number of fused-ring (bicyclic) bond motifs is 5. The van der Waals surface area contributed by atoms with Gasteiger partial charge >= 0.3 is 0 Å². The van der Waals surface area contributed by atoms with Crippen molar-refractivity contribution < 1.29 is 14.7 Å². The Bertz CT molecular complexity index is 422. The van der Waals surface area contributed by atoms with E-state index in [2.05, 4.69) is 12.2 Å². The molecule has 4 heteroatoms. The van der Waals surface area contributed by atoms with Crippen LogP contribution in [0.2, 0.25) is 0 Å². The number of allylic oxidation sites excluding steroid dienone is 2. The van der Waals surface area contributed by atoms with Gasteiger partial charge in [-0.1, -0.05) is 12.2 Å². The van der Waals surface area contributed by atoms with E-state index >= 15 is 0 Å². The van der Waals surface area contributed by atoms with E-state index in [1.54, 1.807) is 0 Å². The molecule has 4 rings (SSSR count). The number of imide groups is 1. The minimum absolute atomic E-state index is 0.0246. The molecule has 0 aromatic heterocycles. The number of aliphatic hydroxyl groups is 1. The molecule has 4 unspecified atom stereocenters. The molecule has 1 heterocycles. The fraction of sp³-hybridized carbons (Fsp3) is 0.692.